The maximum absolute atomic E-state index is 5.67. The van der Waals surface area contributed by atoms with E-state index >= 15 is 0 Å². The third kappa shape index (κ3) is 5.96. The van der Waals surface area contributed by atoms with Crippen LogP contribution < -0.4 is 10.6 Å². The first-order chi connectivity index (χ1) is 11.8. The van der Waals surface area contributed by atoms with Crippen molar-refractivity contribution in [3.63, 3.8) is 0 Å². The van der Waals surface area contributed by atoms with Crippen molar-refractivity contribution in [1.29, 1.82) is 0 Å². The lowest BCUT2D eigenvalue weighted by Gasteiger charge is -2.25. The lowest BCUT2D eigenvalue weighted by Crippen LogP contribution is -2.47. The van der Waals surface area contributed by atoms with E-state index < -0.39 is 0 Å². The van der Waals surface area contributed by atoms with Crippen LogP contribution in [0.5, 0.6) is 0 Å². The summed E-state index contributed by atoms with van der Waals surface area (Å²) in [6, 6.07) is 10.5. The molecule has 3 rings (SSSR count). The van der Waals surface area contributed by atoms with Crippen LogP contribution in [0, 0.1) is 0 Å². The van der Waals surface area contributed by atoms with Gasteiger partial charge < -0.3 is 15.4 Å². The summed E-state index contributed by atoms with van der Waals surface area (Å²) in [4.78, 5) is 8.52. The molecule has 0 bridgehead atoms. The number of ether oxygens (including phenoxy) is 1. The number of nitrogens with one attached hydrogen (secondary N) is 2. The lowest BCUT2D eigenvalue weighted by atomic mass is 10.1. The number of aromatic nitrogens is 3. The second-order valence-electron chi connectivity index (χ2n) is 5.78. The first kappa shape index (κ1) is 19.6. The third-order valence-corrected chi connectivity index (χ3v) is 4.02. The van der Waals surface area contributed by atoms with Gasteiger partial charge in [0.15, 0.2) is 5.96 Å². The quantitative estimate of drug-likeness (QED) is 0.299. The van der Waals surface area contributed by atoms with Gasteiger partial charge in [-0.05, 0) is 12.0 Å². The Labute approximate surface area is 165 Å². The fourth-order valence-electron chi connectivity index (χ4n) is 2.75. The molecule has 1 aliphatic rings. The minimum atomic E-state index is 0. The zero-order chi connectivity index (χ0) is 16.6. The Bertz CT molecular complexity index is 660. The summed E-state index contributed by atoms with van der Waals surface area (Å²) in [5.41, 5.74) is 1.19. The van der Waals surface area contributed by atoms with Gasteiger partial charge in [0.2, 0.25) is 0 Å². The number of fused-ring (bicyclic) bond motifs is 1. The fraction of sp³-hybridized carbons (Fsp3) is 0.471. The molecule has 1 aromatic carbocycles. The number of benzene rings is 1. The van der Waals surface area contributed by atoms with Crippen molar-refractivity contribution in [2.75, 3.05) is 20.2 Å². The molecule has 0 saturated carbocycles. The van der Waals surface area contributed by atoms with Gasteiger partial charge >= 0.3 is 0 Å². The molecule has 8 heteroatoms. The number of hydrogen-bond donors (Lipinski definition) is 2. The van der Waals surface area contributed by atoms with Crippen LogP contribution in [0.4, 0.5) is 0 Å². The van der Waals surface area contributed by atoms with E-state index in [0.29, 0.717) is 25.8 Å². The summed E-state index contributed by atoms with van der Waals surface area (Å²) in [5.74, 6) is 1.86. The van der Waals surface area contributed by atoms with Crippen LogP contribution in [0.15, 0.2) is 41.7 Å². The molecule has 2 heterocycles. The molecule has 0 aliphatic carbocycles. The molecular formula is C17H25IN6O. The zero-order valence-electron chi connectivity index (χ0n) is 14.4. The summed E-state index contributed by atoms with van der Waals surface area (Å²) in [6.45, 7) is 2.80. The summed E-state index contributed by atoms with van der Waals surface area (Å²) >= 11 is 0. The highest BCUT2D eigenvalue weighted by Gasteiger charge is 2.20. The predicted octanol–water partition coefficient (Wildman–Crippen LogP) is 1.59. The Morgan fingerprint density at radius 2 is 2.20 bits per heavy atom. The van der Waals surface area contributed by atoms with Gasteiger partial charge in [-0.15, -0.1) is 24.0 Å². The SMILES string of the molecule is CN=C(NCCOCc1ccccc1)NC1CCc2ncnn2C1.I. The van der Waals surface area contributed by atoms with Crippen molar-refractivity contribution in [1.82, 2.24) is 25.4 Å². The van der Waals surface area contributed by atoms with Crippen LogP contribution in [-0.2, 0) is 24.3 Å². The summed E-state index contributed by atoms with van der Waals surface area (Å²) in [7, 11) is 1.78. The van der Waals surface area contributed by atoms with E-state index in [2.05, 4.69) is 37.8 Å². The van der Waals surface area contributed by atoms with Gasteiger partial charge in [0.1, 0.15) is 12.2 Å². The molecule has 7 nitrogen and oxygen atoms in total. The number of aliphatic imine (C=N–C) groups is 1. The normalized spacial score (nSPS) is 16.7. The minimum Gasteiger partial charge on any atom is -0.375 e. The number of nitrogens with zero attached hydrogens (tertiary/aromatic N) is 4. The molecule has 0 saturated heterocycles. The Hall–Kier alpha value is -1.68. The minimum absolute atomic E-state index is 0. The molecular weight excluding hydrogens is 431 g/mol. The fourth-order valence-corrected chi connectivity index (χ4v) is 2.75. The van der Waals surface area contributed by atoms with Crippen LogP contribution in [0.2, 0.25) is 0 Å². The highest BCUT2D eigenvalue weighted by Crippen LogP contribution is 2.11. The first-order valence-electron chi connectivity index (χ1n) is 8.30. The van der Waals surface area contributed by atoms with E-state index in [1.807, 2.05) is 22.9 Å². The molecule has 0 radical (unpaired) electrons. The number of hydrogen-bond acceptors (Lipinski definition) is 4. The summed E-state index contributed by atoms with van der Waals surface area (Å²) in [5, 5.41) is 11.0. The molecule has 1 unspecified atom stereocenters. The second kappa shape index (κ2) is 10.3. The van der Waals surface area contributed by atoms with Gasteiger partial charge in [0, 0.05) is 26.1 Å². The average molecular weight is 456 g/mol. The number of halogens is 1. The summed E-state index contributed by atoms with van der Waals surface area (Å²) in [6.07, 6.45) is 3.59. The molecule has 0 fully saturated rings. The monoisotopic (exact) mass is 456 g/mol. The Morgan fingerprint density at radius 1 is 1.36 bits per heavy atom. The highest BCUT2D eigenvalue weighted by atomic mass is 127. The van der Waals surface area contributed by atoms with E-state index in [4.69, 9.17) is 4.74 Å². The molecule has 136 valence electrons. The molecule has 2 aromatic rings. The van der Waals surface area contributed by atoms with E-state index in [9.17, 15) is 0 Å². The van der Waals surface area contributed by atoms with E-state index in [-0.39, 0.29) is 24.0 Å². The van der Waals surface area contributed by atoms with Crippen LogP contribution in [0.3, 0.4) is 0 Å². The third-order valence-electron chi connectivity index (χ3n) is 4.02. The van der Waals surface area contributed by atoms with Gasteiger partial charge in [-0.3, -0.25) is 4.99 Å². The second-order valence-corrected chi connectivity index (χ2v) is 5.78. The van der Waals surface area contributed by atoms with Crippen LogP contribution in [0.1, 0.15) is 17.8 Å². The molecule has 0 spiro atoms. The van der Waals surface area contributed by atoms with Crippen molar-refractivity contribution >= 4 is 29.9 Å². The average Bonchev–Trinajstić information content (AvgIpc) is 3.09. The van der Waals surface area contributed by atoms with E-state index in [1.54, 1.807) is 13.4 Å². The maximum Gasteiger partial charge on any atom is 0.191 e. The first-order valence-corrected chi connectivity index (χ1v) is 8.30. The van der Waals surface area contributed by atoms with Gasteiger partial charge in [-0.2, -0.15) is 5.10 Å². The molecule has 0 amide bonds. The van der Waals surface area contributed by atoms with E-state index in [1.165, 1.54) is 5.56 Å². The maximum atomic E-state index is 5.67. The Morgan fingerprint density at radius 3 is 3.00 bits per heavy atom. The molecule has 1 aromatic heterocycles. The van der Waals surface area contributed by atoms with Crippen LogP contribution >= 0.6 is 24.0 Å². The Balaban J connectivity index is 0.00000225. The topological polar surface area (TPSA) is 76.4 Å². The van der Waals surface area contributed by atoms with E-state index in [0.717, 1.165) is 31.2 Å². The van der Waals surface area contributed by atoms with Gasteiger partial charge in [0.25, 0.3) is 0 Å². The van der Waals surface area contributed by atoms with Gasteiger partial charge in [-0.25, -0.2) is 9.67 Å². The number of guanidine groups is 1. The van der Waals surface area contributed by atoms with Crippen molar-refractivity contribution in [3.8, 4) is 0 Å². The standard InChI is InChI=1S/C17H24N6O.HI/c1-18-17(19-9-10-24-12-14-5-3-2-4-6-14)22-15-7-8-16-20-13-21-23(16)11-15;/h2-6,13,15H,7-12H2,1H3,(H2,18,19,22);1H. The predicted molar refractivity (Wildman–Crippen MR) is 108 cm³/mol. The van der Waals surface area contributed by atoms with Crippen molar-refractivity contribution < 1.29 is 4.74 Å². The highest BCUT2D eigenvalue weighted by molar-refractivity contribution is 14.0. The van der Waals surface area contributed by atoms with Crippen molar-refractivity contribution in [2.24, 2.45) is 4.99 Å². The number of aryl methyl sites for hydroxylation is 1. The van der Waals surface area contributed by atoms with Gasteiger partial charge in [-0.1, -0.05) is 30.3 Å². The Kier molecular flexibility index (Phi) is 8.13. The largest absolute Gasteiger partial charge is 0.375 e. The van der Waals surface area contributed by atoms with Crippen LogP contribution in [-0.4, -0.2) is 47.0 Å². The lowest BCUT2D eigenvalue weighted by molar-refractivity contribution is 0.125. The van der Waals surface area contributed by atoms with Crippen molar-refractivity contribution in [3.05, 3.63) is 48.0 Å². The molecule has 2 N–H and O–H groups in total. The number of rotatable bonds is 6. The van der Waals surface area contributed by atoms with Gasteiger partial charge in [0.05, 0.1) is 19.8 Å². The van der Waals surface area contributed by atoms with Crippen LogP contribution in [0.25, 0.3) is 0 Å². The molecule has 25 heavy (non-hydrogen) atoms. The van der Waals surface area contributed by atoms with Crippen molar-refractivity contribution in [2.45, 2.75) is 32.0 Å². The zero-order valence-corrected chi connectivity index (χ0v) is 16.7. The molecule has 1 aliphatic heterocycles. The smallest absolute Gasteiger partial charge is 0.191 e. The summed E-state index contributed by atoms with van der Waals surface area (Å²) < 4.78 is 7.63. The molecule has 1 atom stereocenters.